The zero-order valence-electron chi connectivity index (χ0n) is 10.5. The van der Waals surface area contributed by atoms with Gasteiger partial charge in [-0.2, -0.15) is 5.10 Å². The molecule has 18 heavy (non-hydrogen) atoms. The van der Waals surface area contributed by atoms with Crippen molar-refractivity contribution in [1.29, 1.82) is 0 Å². The van der Waals surface area contributed by atoms with E-state index in [0.29, 0.717) is 12.0 Å². The second kappa shape index (κ2) is 5.32. The third-order valence-corrected chi connectivity index (χ3v) is 3.11. The van der Waals surface area contributed by atoms with Crippen LogP contribution < -0.4 is 10.5 Å². The number of sulfonamides is 1. The fraction of sp³-hybridized carbons (Fsp3) is 0.400. The summed E-state index contributed by atoms with van der Waals surface area (Å²) in [6, 6.07) is 0. The molecule has 0 aliphatic rings. The molecule has 100 valence electrons. The largest absolute Gasteiger partial charge is 0.304 e. The van der Waals surface area contributed by atoms with Crippen LogP contribution in [0, 0.1) is 0 Å². The summed E-state index contributed by atoms with van der Waals surface area (Å²) < 4.78 is 23.9. The molecule has 1 heterocycles. The fourth-order valence-corrected chi connectivity index (χ4v) is 2.03. The summed E-state index contributed by atoms with van der Waals surface area (Å²) in [5.41, 5.74) is 0.489. The number of amides is 1. The highest BCUT2D eigenvalue weighted by Gasteiger charge is 2.20. The minimum atomic E-state index is -3.91. The van der Waals surface area contributed by atoms with Crippen LogP contribution in [0.2, 0.25) is 0 Å². The molecule has 7 nitrogen and oxygen atoms in total. The molecule has 0 aliphatic carbocycles. The zero-order chi connectivity index (χ0) is 13.9. The number of hydrogen-bond donors (Lipinski definition) is 2. The third kappa shape index (κ3) is 3.41. The van der Waals surface area contributed by atoms with Crippen LogP contribution in [-0.2, 0) is 21.9 Å². The maximum Gasteiger partial charge on any atom is 0.252 e. The fourth-order valence-electron chi connectivity index (χ4n) is 1.37. The Hall–Kier alpha value is -1.67. The van der Waals surface area contributed by atoms with E-state index in [4.69, 9.17) is 5.14 Å². The van der Waals surface area contributed by atoms with Crippen molar-refractivity contribution in [1.82, 2.24) is 9.78 Å². The van der Waals surface area contributed by atoms with Gasteiger partial charge < -0.3 is 5.32 Å². The van der Waals surface area contributed by atoms with E-state index in [0.717, 1.165) is 0 Å². The molecule has 1 rings (SSSR count). The van der Waals surface area contributed by atoms with E-state index in [-0.39, 0.29) is 10.7 Å². The van der Waals surface area contributed by atoms with Gasteiger partial charge in [-0.25, -0.2) is 13.6 Å². The molecule has 0 saturated carbocycles. The predicted molar refractivity (Wildman–Crippen MR) is 67.3 cm³/mol. The SMILES string of the molecule is CC/C=C(/C)C(=O)Nc1nn(C)cc1S(N)(=O)=O. The number of nitrogens with zero attached hydrogens (tertiary/aromatic N) is 2. The van der Waals surface area contributed by atoms with E-state index in [2.05, 4.69) is 10.4 Å². The van der Waals surface area contributed by atoms with Crippen molar-refractivity contribution in [2.45, 2.75) is 25.2 Å². The van der Waals surface area contributed by atoms with Gasteiger partial charge in [0.1, 0.15) is 4.90 Å². The Balaban J connectivity index is 3.06. The maximum atomic E-state index is 11.7. The van der Waals surface area contributed by atoms with Crippen molar-refractivity contribution < 1.29 is 13.2 Å². The number of nitrogens with two attached hydrogens (primary N) is 1. The quantitative estimate of drug-likeness (QED) is 0.772. The molecule has 0 fully saturated rings. The van der Waals surface area contributed by atoms with Crippen LogP contribution in [0.25, 0.3) is 0 Å². The molecule has 0 atom stereocenters. The first-order valence-corrected chi connectivity index (χ1v) is 6.85. The predicted octanol–water partition coefficient (Wildman–Crippen LogP) is 0.362. The molecular formula is C10H16N4O3S. The Morgan fingerprint density at radius 2 is 2.22 bits per heavy atom. The van der Waals surface area contributed by atoms with Crippen LogP contribution in [0.4, 0.5) is 5.82 Å². The van der Waals surface area contributed by atoms with Gasteiger partial charge in [-0.05, 0) is 13.3 Å². The van der Waals surface area contributed by atoms with E-state index in [1.807, 2.05) is 6.92 Å². The summed E-state index contributed by atoms with van der Waals surface area (Å²) in [5.74, 6) is -0.464. The first-order valence-electron chi connectivity index (χ1n) is 5.30. The number of allylic oxidation sites excluding steroid dienone is 1. The maximum absolute atomic E-state index is 11.7. The summed E-state index contributed by atoms with van der Waals surface area (Å²) in [7, 11) is -2.37. The number of carbonyl (C=O) groups is 1. The van der Waals surface area contributed by atoms with E-state index < -0.39 is 15.9 Å². The second-order valence-electron chi connectivity index (χ2n) is 3.81. The molecule has 0 aliphatic heterocycles. The first kappa shape index (κ1) is 14.4. The molecular weight excluding hydrogens is 256 g/mol. The Morgan fingerprint density at radius 3 is 2.72 bits per heavy atom. The van der Waals surface area contributed by atoms with Gasteiger partial charge in [-0.15, -0.1) is 0 Å². The van der Waals surface area contributed by atoms with Crippen LogP contribution in [0.15, 0.2) is 22.7 Å². The Labute approximate surface area is 106 Å². The standard InChI is InChI=1S/C10H16N4O3S/c1-4-5-7(2)10(15)12-9-8(18(11,16)17)6-14(3)13-9/h5-6H,4H2,1-3H3,(H2,11,16,17)(H,12,13,15)/b7-5-. The average molecular weight is 272 g/mol. The highest BCUT2D eigenvalue weighted by atomic mass is 32.2. The summed E-state index contributed by atoms with van der Waals surface area (Å²) in [4.78, 5) is 11.5. The number of aryl methyl sites for hydroxylation is 1. The molecule has 3 N–H and O–H groups in total. The lowest BCUT2D eigenvalue weighted by molar-refractivity contribution is -0.112. The second-order valence-corrected chi connectivity index (χ2v) is 5.34. The first-order chi connectivity index (χ1) is 8.25. The highest BCUT2D eigenvalue weighted by Crippen LogP contribution is 2.17. The van der Waals surface area contributed by atoms with Crippen molar-refractivity contribution in [3.63, 3.8) is 0 Å². The molecule has 0 unspecified atom stereocenters. The van der Waals surface area contributed by atoms with E-state index in [1.54, 1.807) is 20.0 Å². The van der Waals surface area contributed by atoms with Crippen molar-refractivity contribution in [3.05, 3.63) is 17.8 Å². The van der Waals surface area contributed by atoms with Crippen LogP contribution >= 0.6 is 0 Å². The number of primary sulfonamides is 1. The lowest BCUT2D eigenvalue weighted by atomic mass is 10.2. The van der Waals surface area contributed by atoms with Gasteiger partial charge in [0.05, 0.1) is 0 Å². The van der Waals surface area contributed by atoms with Gasteiger partial charge in [0.15, 0.2) is 5.82 Å². The van der Waals surface area contributed by atoms with Gasteiger partial charge in [-0.3, -0.25) is 9.48 Å². The van der Waals surface area contributed by atoms with E-state index in [9.17, 15) is 13.2 Å². The Kier molecular flexibility index (Phi) is 4.25. The van der Waals surface area contributed by atoms with Crippen LogP contribution in [0.3, 0.4) is 0 Å². The molecule has 0 radical (unpaired) electrons. The number of carbonyl (C=O) groups excluding carboxylic acids is 1. The number of aromatic nitrogens is 2. The number of rotatable bonds is 4. The third-order valence-electron chi connectivity index (χ3n) is 2.20. The Bertz CT molecular complexity index is 586. The van der Waals surface area contributed by atoms with Crippen molar-refractivity contribution in [2.75, 3.05) is 5.32 Å². The minimum absolute atomic E-state index is 0.0612. The van der Waals surface area contributed by atoms with E-state index in [1.165, 1.54) is 10.9 Å². The number of hydrogen-bond acceptors (Lipinski definition) is 4. The number of nitrogens with one attached hydrogen (secondary N) is 1. The molecule has 0 aromatic carbocycles. The molecule has 0 saturated heterocycles. The van der Waals surface area contributed by atoms with Gasteiger partial charge in [0, 0.05) is 18.8 Å². The van der Waals surface area contributed by atoms with Crippen LogP contribution in [0.1, 0.15) is 20.3 Å². The number of anilines is 1. The smallest absolute Gasteiger partial charge is 0.252 e. The summed E-state index contributed by atoms with van der Waals surface area (Å²) in [5, 5.41) is 11.3. The molecule has 8 heteroatoms. The topological polar surface area (TPSA) is 107 Å². The van der Waals surface area contributed by atoms with Crippen molar-refractivity contribution >= 4 is 21.7 Å². The lowest BCUT2D eigenvalue weighted by Gasteiger charge is -2.03. The van der Waals surface area contributed by atoms with Gasteiger partial charge in [0.25, 0.3) is 5.91 Å². The normalized spacial score (nSPS) is 12.6. The zero-order valence-corrected chi connectivity index (χ0v) is 11.3. The Morgan fingerprint density at radius 1 is 1.61 bits per heavy atom. The molecule has 1 aromatic rings. The van der Waals surface area contributed by atoms with Gasteiger partial charge in [0.2, 0.25) is 10.0 Å². The molecule has 1 amide bonds. The summed E-state index contributed by atoms with van der Waals surface area (Å²) >= 11 is 0. The average Bonchev–Trinajstić information content (AvgIpc) is 2.59. The lowest BCUT2D eigenvalue weighted by Crippen LogP contribution is -2.18. The molecule has 0 bridgehead atoms. The highest BCUT2D eigenvalue weighted by molar-refractivity contribution is 7.89. The summed E-state index contributed by atoms with van der Waals surface area (Å²) in [6.45, 7) is 3.53. The van der Waals surface area contributed by atoms with Crippen molar-refractivity contribution in [2.24, 2.45) is 12.2 Å². The van der Waals surface area contributed by atoms with E-state index >= 15 is 0 Å². The van der Waals surface area contributed by atoms with Crippen LogP contribution in [0.5, 0.6) is 0 Å². The monoisotopic (exact) mass is 272 g/mol. The minimum Gasteiger partial charge on any atom is -0.304 e. The van der Waals surface area contributed by atoms with Gasteiger partial charge >= 0.3 is 0 Å². The van der Waals surface area contributed by atoms with Gasteiger partial charge in [-0.1, -0.05) is 13.0 Å². The van der Waals surface area contributed by atoms with Crippen LogP contribution in [-0.4, -0.2) is 24.1 Å². The summed E-state index contributed by atoms with van der Waals surface area (Å²) in [6.07, 6.45) is 3.68. The molecule has 0 spiro atoms. The van der Waals surface area contributed by atoms with Crippen molar-refractivity contribution in [3.8, 4) is 0 Å². The molecule has 1 aromatic heterocycles.